The number of hydrogen-bond donors (Lipinski definition) is 2. The number of fused-ring (bicyclic) bond motifs is 3. The molecule has 0 saturated heterocycles. The summed E-state index contributed by atoms with van der Waals surface area (Å²) in [5, 5.41) is 6.81. The highest BCUT2D eigenvalue weighted by molar-refractivity contribution is 7.80. The van der Waals surface area contributed by atoms with E-state index in [2.05, 4.69) is 28.0 Å². The Balaban J connectivity index is 0.000000196. The number of aryl methyl sites for hydroxylation is 1. The molecule has 4 rings (SSSR count). The molecule has 12 heteroatoms. The molecule has 3 heterocycles. The van der Waals surface area contributed by atoms with E-state index in [1.54, 1.807) is 32.2 Å². The third kappa shape index (κ3) is 4.58. The predicted molar refractivity (Wildman–Crippen MR) is 108 cm³/mol. The van der Waals surface area contributed by atoms with Crippen molar-refractivity contribution in [3.63, 3.8) is 0 Å². The summed E-state index contributed by atoms with van der Waals surface area (Å²) in [6.45, 7) is 1.25. The molecule has 31 heavy (non-hydrogen) atoms. The molecule has 3 aromatic rings. The number of carbonyl (C=O) groups is 1. The van der Waals surface area contributed by atoms with E-state index in [1.807, 2.05) is 0 Å². The summed E-state index contributed by atoms with van der Waals surface area (Å²) in [4.78, 5) is 16.2. The van der Waals surface area contributed by atoms with Crippen molar-refractivity contribution < 1.29 is 26.7 Å². The van der Waals surface area contributed by atoms with Crippen LogP contribution in [0.3, 0.4) is 0 Å². The number of amides is 1. The van der Waals surface area contributed by atoms with E-state index in [0.29, 0.717) is 28.3 Å². The summed E-state index contributed by atoms with van der Waals surface area (Å²) in [5.74, 6) is -1.74. The second-order valence-corrected chi connectivity index (χ2v) is 7.24. The Labute approximate surface area is 179 Å². The number of thiol groups is 1. The van der Waals surface area contributed by atoms with Gasteiger partial charge in [0.05, 0.1) is 23.3 Å². The van der Waals surface area contributed by atoms with Gasteiger partial charge in [0.15, 0.2) is 5.65 Å². The molecule has 0 bridgehead atoms. The summed E-state index contributed by atoms with van der Waals surface area (Å²) < 4.78 is 64.9. The number of anilines is 2. The summed E-state index contributed by atoms with van der Waals surface area (Å²) in [5.41, 5.74) is 1.68. The van der Waals surface area contributed by atoms with Gasteiger partial charge in [-0.1, -0.05) is 0 Å². The van der Waals surface area contributed by atoms with E-state index in [-0.39, 0.29) is 16.9 Å². The first-order valence-electron chi connectivity index (χ1n) is 8.99. The van der Waals surface area contributed by atoms with E-state index in [1.165, 1.54) is 16.8 Å². The third-order valence-electron chi connectivity index (χ3n) is 4.71. The van der Waals surface area contributed by atoms with Crippen LogP contribution in [0.15, 0.2) is 35.4 Å². The number of rotatable bonds is 3. The van der Waals surface area contributed by atoms with E-state index in [9.17, 15) is 26.7 Å². The van der Waals surface area contributed by atoms with Gasteiger partial charge in [0, 0.05) is 35.8 Å². The highest BCUT2D eigenvalue weighted by Crippen LogP contribution is 2.44. The van der Waals surface area contributed by atoms with Gasteiger partial charge in [-0.05, 0) is 25.1 Å². The van der Waals surface area contributed by atoms with E-state index in [4.69, 9.17) is 0 Å². The third-order valence-corrected chi connectivity index (χ3v) is 5.12. The van der Waals surface area contributed by atoms with Gasteiger partial charge in [-0.15, -0.1) is 12.6 Å². The molecule has 1 aliphatic rings. The molecule has 0 aliphatic carbocycles. The molecule has 1 amide bonds. The van der Waals surface area contributed by atoms with Gasteiger partial charge in [-0.3, -0.25) is 4.79 Å². The van der Waals surface area contributed by atoms with Crippen molar-refractivity contribution in [1.29, 1.82) is 0 Å². The van der Waals surface area contributed by atoms with Crippen molar-refractivity contribution in [2.75, 3.05) is 23.8 Å². The zero-order chi connectivity index (χ0) is 22.9. The molecule has 2 aromatic heterocycles. The van der Waals surface area contributed by atoms with Crippen molar-refractivity contribution in [3.8, 4) is 0 Å². The maximum absolute atomic E-state index is 13.1. The first-order valence-corrected chi connectivity index (χ1v) is 9.44. The number of carbonyl (C=O) groups excluding carboxylic acids is 1. The van der Waals surface area contributed by atoms with Crippen molar-refractivity contribution in [1.82, 2.24) is 14.6 Å². The summed E-state index contributed by atoms with van der Waals surface area (Å²) in [6, 6.07) is 6.24. The number of nitrogens with zero attached hydrogens (tertiary/aromatic N) is 4. The average Bonchev–Trinajstić information content (AvgIpc) is 3.27. The Hall–Kier alpha value is -2.89. The second-order valence-electron chi connectivity index (χ2n) is 6.76. The van der Waals surface area contributed by atoms with Crippen LogP contribution in [0, 0.1) is 6.92 Å². The Morgan fingerprint density at radius 1 is 1.29 bits per heavy atom. The highest BCUT2D eigenvalue weighted by Gasteiger charge is 2.49. The van der Waals surface area contributed by atoms with Crippen LogP contribution in [0.5, 0.6) is 0 Å². The smallest absolute Gasteiger partial charge is 0.388 e. The Morgan fingerprint density at radius 2 is 2.00 bits per heavy atom. The molecular formula is C19H18F5N5OS. The Bertz CT molecular complexity index is 1100. The fourth-order valence-electron chi connectivity index (χ4n) is 3.23. The van der Waals surface area contributed by atoms with Crippen LogP contribution >= 0.6 is 12.6 Å². The van der Waals surface area contributed by atoms with Gasteiger partial charge >= 0.3 is 6.18 Å². The summed E-state index contributed by atoms with van der Waals surface area (Å²) >= 11 is 3.92. The molecule has 1 aliphatic heterocycles. The van der Waals surface area contributed by atoms with E-state index < -0.39 is 25.1 Å². The molecule has 1 aromatic carbocycles. The second kappa shape index (κ2) is 8.69. The SMILES string of the molecule is CNc1ccc(S)c(C(F)F)c1.Cc1cc2ncc3c(n2n1)C(C(F)(F)F)CN3C=O. The van der Waals surface area contributed by atoms with Gasteiger partial charge in [-0.2, -0.15) is 18.3 Å². The first-order chi connectivity index (χ1) is 14.6. The van der Waals surface area contributed by atoms with Gasteiger partial charge in [0.25, 0.3) is 6.43 Å². The van der Waals surface area contributed by atoms with Gasteiger partial charge in [-0.25, -0.2) is 18.3 Å². The lowest BCUT2D eigenvalue weighted by Crippen LogP contribution is -2.27. The van der Waals surface area contributed by atoms with Gasteiger partial charge < -0.3 is 10.2 Å². The van der Waals surface area contributed by atoms with Crippen molar-refractivity contribution >= 4 is 36.1 Å². The number of nitrogens with one attached hydrogen (secondary N) is 1. The van der Waals surface area contributed by atoms with E-state index in [0.717, 1.165) is 4.90 Å². The minimum Gasteiger partial charge on any atom is -0.388 e. The molecule has 0 spiro atoms. The molecule has 166 valence electrons. The molecular weight excluding hydrogens is 441 g/mol. The zero-order valence-electron chi connectivity index (χ0n) is 16.4. The predicted octanol–water partition coefficient (Wildman–Crippen LogP) is 4.61. The van der Waals surface area contributed by atoms with Crippen LogP contribution in [-0.2, 0) is 4.79 Å². The first kappa shape index (κ1) is 22.8. The Kier molecular flexibility index (Phi) is 6.39. The maximum atomic E-state index is 13.1. The number of benzene rings is 1. The molecule has 1 unspecified atom stereocenters. The van der Waals surface area contributed by atoms with Crippen LogP contribution in [0.25, 0.3) is 5.65 Å². The summed E-state index contributed by atoms with van der Waals surface area (Å²) in [6.07, 6.45) is -5.23. The van der Waals surface area contributed by atoms with Crippen LogP contribution in [0.2, 0.25) is 0 Å². The molecule has 0 radical (unpaired) electrons. The van der Waals surface area contributed by atoms with Crippen LogP contribution in [-0.4, -0.2) is 40.8 Å². The zero-order valence-corrected chi connectivity index (χ0v) is 17.3. The van der Waals surface area contributed by atoms with E-state index >= 15 is 0 Å². The Morgan fingerprint density at radius 3 is 2.58 bits per heavy atom. The molecule has 6 nitrogen and oxygen atoms in total. The fraction of sp³-hybridized carbons (Fsp3) is 0.316. The lowest BCUT2D eigenvalue weighted by atomic mass is 10.1. The lowest BCUT2D eigenvalue weighted by molar-refractivity contribution is -0.147. The number of alkyl halides is 5. The monoisotopic (exact) mass is 459 g/mol. The number of hydrogen-bond acceptors (Lipinski definition) is 5. The maximum Gasteiger partial charge on any atom is 0.399 e. The van der Waals surface area contributed by atoms with Gasteiger partial charge in [0.1, 0.15) is 5.92 Å². The molecule has 0 saturated carbocycles. The minimum atomic E-state index is -4.43. The fourth-order valence-corrected chi connectivity index (χ4v) is 3.47. The number of halogens is 5. The van der Waals surface area contributed by atoms with Gasteiger partial charge in [0.2, 0.25) is 6.41 Å². The van der Waals surface area contributed by atoms with Crippen LogP contribution < -0.4 is 10.2 Å². The lowest BCUT2D eigenvalue weighted by Gasteiger charge is -2.15. The topological polar surface area (TPSA) is 62.5 Å². The highest BCUT2D eigenvalue weighted by atomic mass is 32.1. The van der Waals surface area contributed by atoms with Crippen molar-refractivity contribution in [2.24, 2.45) is 0 Å². The molecule has 1 atom stereocenters. The largest absolute Gasteiger partial charge is 0.399 e. The average molecular weight is 459 g/mol. The minimum absolute atomic E-state index is 0.0299. The van der Waals surface area contributed by atoms with Crippen LogP contribution in [0.1, 0.15) is 29.3 Å². The van der Waals surface area contributed by atoms with Crippen LogP contribution in [0.4, 0.5) is 33.3 Å². The molecule has 1 N–H and O–H groups in total. The summed E-state index contributed by atoms with van der Waals surface area (Å²) in [7, 11) is 1.68. The number of aromatic nitrogens is 3. The van der Waals surface area contributed by atoms with Crippen molar-refractivity contribution in [2.45, 2.75) is 30.3 Å². The normalized spacial score (nSPS) is 15.6. The molecule has 0 fully saturated rings. The van der Waals surface area contributed by atoms with Crippen molar-refractivity contribution in [3.05, 3.63) is 47.4 Å². The standard InChI is InChI=1S/C11H9F3N4O.C8H9F2NS/c1-6-2-9-15-3-8-10(18(9)16-6)7(11(12,13)14)4-17(8)5-19;1-11-5-2-3-7(12)6(4-5)8(9)10/h2-3,5,7H,4H2,1H3;2-4,8,11-12H,1H3. The quantitative estimate of drug-likeness (QED) is 0.341.